The predicted octanol–water partition coefficient (Wildman–Crippen LogP) is 2.44. The van der Waals surface area contributed by atoms with Crippen molar-refractivity contribution in [2.24, 2.45) is 0 Å². The van der Waals surface area contributed by atoms with Crippen LogP contribution in [-0.4, -0.2) is 36.0 Å². The Morgan fingerprint density at radius 2 is 1.96 bits per heavy atom. The van der Waals surface area contributed by atoms with Gasteiger partial charge in [0.15, 0.2) is 6.61 Å². The van der Waals surface area contributed by atoms with Crippen molar-refractivity contribution in [3.05, 3.63) is 46.7 Å². The molecule has 0 unspecified atom stereocenters. The zero-order chi connectivity index (χ0) is 19.3. The SMILES string of the molecule is CCOC(=O)c1c(C)[nH]c(C(=O)OCC(=O)N[C@H](C)c2ccco2)c1C. The number of esters is 2. The highest BCUT2D eigenvalue weighted by Gasteiger charge is 2.24. The molecule has 0 spiro atoms. The van der Waals surface area contributed by atoms with Crippen molar-refractivity contribution in [2.45, 2.75) is 33.7 Å². The van der Waals surface area contributed by atoms with E-state index >= 15 is 0 Å². The summed E-state index contributed by atoms with van der Waals surface area (Å²) in [6.45, 7) is 6.52. The van der Waals surface area contributed by atoms with Gasteiger partial charge < -0.3 is 24.2 Å². The minimum absolute atomic E-state index is 0.123. The fourth-order valence-electron chi connectivity index (χ4n) is 2.56. The molecule has 0 aromatic carbocycles. The van der Waals surface area contributed by atoms with E-state index in [2.05, 4.69) is 10.3 Å². The molecule has 0 fully saturated rings. The van der Waals surface area contributed by atoms with Gasteiger partial charge in [0.2, 0.25) is 0 Å². The van der Waals surface area contributed by atoms with Crippen LogP contribution in [0.2, 0.25) is 0 Å². The molecule has 0 bridgehead atoms. The average Bonchev–Trinajstić information content (AvgIpc) is 3.21. The predicted molar refractivity (Wildman–Crippen MR) is 91.8 cm³/mol. The highest BCUT2D eigenvalue weighted by Crippen LogP contribution is 2.20. The number of nitrogens with one attached hydrogen (secondary N) is 2. The fourth-order valence-corrected chi connectivity index (χ4v) is 2.56. The Balaban J connectivity index is 1.96. The second-order valence-electron chi connectivity index (χ2n) is 5.73. The molecule has 2 rings (SSSR count). The molecule has 140 valence electrons. The fraction of sp³-hybridized carbons (Fsp3) is 0.389. The lowest BCUT2D eigenvalue weighted by Crippen LogP contribution is -2.31. The topological polar surface area (TPSA) is 111 Å². The van der Waals surface area contributed by atoms with Gasteiger partial charge in [-0.2, -0.15) is 0 Å². The third kappa shape index (κ3) is 4.33. The third-order valence-corrected chi connectivity index (χ3v) is 3.80. The molecule has 0 aliphatic heterocycles. The Hall–Kier alpha value is -3.03. The molecule has 1 atom stereocenters. The second kappa shape index (κ2) is 8.37. The van der Waals surface area contributed by atoms with Crippen molar-refractivity contribution >= 4 is 17.8 Å². The molecule has 0 aliphatic rings. The minimum atomic E-state index is -0.720. The molecule has 2 aromatic heterocycles. The Labute approximate surface area is 150 Å². The number of furan rings is 1. The largest absolute Gasteiger partial charge is 0.467 e. The Morgan fingerprint density at radius 1 is 1.23 bits per heavy atom. The smallest absolute Gasteiger partial charge is 0.355 e. The summed E-state index contributed by atoms with van der Waals surface area (Å²) in [6.07, 6.45) is 1.51. The van der Waals surface area contributed by atoms with E-state index in [0.717, 1.165) is 0 Å². The normalized spacial score (nSPS) is 11.7. The molecule has 2 N–H and O–H groups in total. The summed E-state index contributed by atoms with van der Waals surface area (Å²) >= 11 is 0. The lowest BCUT2D eigenvalue weighted by Gasteiger charge is -2.11. The monoisotopic (exact) mass is 362 g/mol. The zero-order valence-corrected chi connectivity index (χ0v) is 15.2. The zero-order valence-electron chi connectivity index (χ0n) is 15.2. The number of ether oxygens (including phenoxy) is 2. The van der Waals surface area contributed by atoms with Crippen molar-refractivity contribution in [1.82, 2.24) is 10.3 Å². The van der Waals surface area contributed by atoms with Crippen molar-refractivity contribution < 1.29 is 28.3 Å². The minimum Gasteiger partial charge on any atom is -0.467 e. The van der Waals surface area contributed by atoms with E-state index in [1.54, 1.807) is 39.8 Å². The summed E-state index contributed by atoms with van der Waals surface area (Å²) in [4.78, 5) is 38.9. The van der Waals surface area contributed by atoms with E-state index in [9.17, 15) is 14.4 Å². The van der Waals surface area contributed by atoms with E-state index in [1.807, 2.05) is 0 Å². The molecule has 0 radical (unpaired) electrons. The quantitative estimate of drug-likeness (QED) is 0.732. The first kappa shape index (κ1) is 19.3. The van der Waals surface area contributed by atoms with Crippen LogP contribution < -0.4 is 5.32 Å². The van der Waals surface area contributed by atoms with Crippen LogP contribution in [0.3, 0.4) is 0 Å². The summed E-state index contributed by atoms with van der Waals surface area (Å²) in [7, 11) is 0. The highest BCUT2D eigenvalue weighted by atomic mass is 16.5. The van der Waals surface area contributed by atoms with Gasteiger partial charge in [-0.3, -0.25) is 4.79 Å². The van der Waals surface area contributed by atoms with E-state index in [-0.39, 0.29) is 18.3 Å². The van der Waals surface area contributed by atoms with Crippen LogP contribution in [0.25, 0.3) is 0 Å². The molecule has 1 amide bonds. The maximum atomic E-state index is 12.2. The van der Waals surface area contributed by atoms with Gasteiger partial charge in [0.05, 0.1) is 24.5 Å². The van der Waals surface area contributed by atoms with Gasteiger partial charge in [0.1, 0.15) is 11.5 Å². The Kier molecular flexibility index (Phi) is 6.21. The number of hydrogen-bond donors (Lipinski definition) is 2. The van der Waals surface area contributed by atoms with Crippen LogP contribution in [0, 0.1) is 13.8 Å². The van der Waals surface area contributed by atoms with Gasteiger partial charge in [-0.1, -0.05) is 0 Å². The number of amides is 1. The molecule has 2 aromatic rings. The average molecular weight is 362 g/mol. The van der Waals surface area contributed by atoms with Crippen molar-refractivity contribution in [3.8, 4) is 0 Å². The van der Waals surface area contributed by atoms with Crippen LogP contribution in [0.1, 0.15) is 57.8 Å². The summed E-state index contributed by atoms with van der Waals surface area (Å²) in [5.41, 5.74) is 1.35. The van der Waals surface area contributed by atoms with Gasteiger partial charge in [-0.05, 0) is 45.4 Å². The molecule has 0 saturated carbocycles. The molecule has 8 heteroatoms. The lowest BCUT2D eigenvalue weighted by atomic mass is 10.1. The number of aromatic amines is 1. The van der Waals surface area contributed by atoms with E-state index < -0.39 is 24.5 Å². The van der Waals surface area contributed by atoms with Gasteiger partial charge in [-0.25, -0.2) is 9.59 Å². The van der Waals surface area contributed by atoms with Crippen LogP contribution in [0.15, 0.2) is 22.8 Å². The second-order valence-corrected chi connectivity index (χ2v) is 5.73. The number of carbonyl (C=O) groups is 3. The Morgan fingerprint density at radius 3 is 2.58 bits per heavy atom. The molecule has 0 saturated heterocycles. The number of rotatable bonds is 7. The van der Waals surface area contributed by atoms with E-state index in [0.29, 0.717) is 22.6 Å². The maximum Gasteiger partial charge on any atom is 0.355 e. The van der Waals surface area contributed by atoms with Crippen molar-refractivity contribution in [2.75, 3.05) is 13.2 Å². The van der Waals surface area contributed by atoms with Crippen LogP contribution in [0.5, 0.6) is 0 Å². The number of hydrogen-bond acceptors (Lipinski definition) is 6. The van der Waals surface area contributed by atoms with Crippen molar-refractivity contribution in [3.63, 3.8) is 0 Å². The number of aryl methyl sites for hydroxylation is 1. The number of H-pyrrole nitrogens is 1. The molecular weight excluding hydrogens is 340 g/mol. The number of aromatic nitrogens is 1. The highest BCUT2D eigenvalue weighted by molar-refractivity contribution is 5.99. The maximum absolute atomic E-state index is 12.2. The first-order chi connectivity index (χ1) is 12.3. The van der Waals surface area contributed by atoms with Gasteiger partial charge >= 0.3 is 11.9 Å². The standard InChI is InChI=1S/C18H22N2O6/c1-5-24-17(22)15-10(2)16(20-12(15)4)18(23)26-9-14(21)19-11(3)13-7-6-8-25-13/h6-8,11,20H,5,9H2,1-4H3,(H,19,21)/t11-/m1/s1. The molecule has 8 nitrogen and oxygen atoms in total. The first-order valence-electron chi connectivity index (χ1n) is 8.21. The van der Waals surface area contributed by atoms with Crippen LogP contribution in [-0.2, 0) is 14.3 Å². The van der Waals surface area contributed by atoms with E-state index in [4.69, 9.17) is 13.9 Å². The van der Waals surface area contributed by atoms with Crippen LogP contribution >= 0.6 is 0 Å². The van der Waals surface area contributed by atoms with Crippen LogP contribution in [0.4, 0.5) is 0 Å². The summed E-state index contributed by atoms with van der Waals surface area (Å²) in [5, 5.41) is 2.66. The van der Waals surface area contributed by atoms with Gasteiger partial charge in [-0.15, -0.1) is 0 Å². The van der Waals surface area contributed by atoms with Gasteiger partial charge in [0, 0.05) is 5.69 Å². The van der Waals surface area contributed by atoms with Gasteiger partial charge in [0.25, 0.3) is 5.91 Å². The summed E-state index contributed by atoms with van der Waals surface area (Å²) < 4.78 is 15.2. The molecular formula is C18H22N2O6. The molecule has 0 aliphatic carbocycles. The summed E-state index contributed by atoms with van der Waals surface area (Å²) in [6, 6.07) is 3.11. The third-order valence-electron chi connectivity index (χ3n) is 3.80. The molecule has 26 heavy (non-hydrogen) atoms. The first-order valence-corrected chi connectivity index (χ1v) is 8.21. The Bertz CT molecular complexity index is 791. The summed E-state index contributed by atoms with van der Waals surface area (Å²) in [5.74, 6) is -1.10. The molecule has 2 heterocycles. The lowest BCUT2D eigenvalue weighted by molar-refractivity contribution is -0.125. The number of carbonyl (C=O) groups excluding carboxylic acids is 3. The van der Waals surface area contributed by atoms with E-state index in [1.165, 1.54) is 6.26 Å². The van der Waals surface area contributed by atoms with Crippen molar-refractivity contribution in [1.29, 1.82) is 0 Å².